The third-order valence-electron chi connectivity index (χ3n) is 3.89. The summed E-state index contributed by atoms with van der Waals surface area (Å²) in [5.41, 5.74) is 5.40. The average Bonchev–Trinajstić information content (AvgIpc) is 2.95. The van der Waals surface area contributed by atoms with E-state index in [2.05, 4.69) is 33.6 Å². The molecule has 0 fully saturated rings. The number of anilines is 1. The third-order valence-corrected chi connectivity index (χ3v) is 4.14. The van der Waals surface area contributed by atoms with Gasteiger partial charge in [-0.25, -0.2) is 9.97 Å². The fourth-order valence-electron chi connectivity index (χ4n) is 2.74. The summed E-state index contributed by atoms with van der Waals surface area (Å²) in [6, 6.07) is 14.0. The predicted molar refractivity (Wildman–Crippen MR) is 103 cm³/mol. The first-order chi connectivity index (χ1) is 11.7. The molecule has 0 atom stereocenters. The summed E-state index contributed by atoms with van der Waals surface area (Å²) in [6.07, 6.45) is 1.03. The molecular weight excluding hydrogens is 318 g/mol. The van der Waals surface area contributed by atoms with Gasteiger partial charge in [-0.05, 0) is 49.0 Å². The fraction of sp³-hybridized carbons (Fsp3) is 0.167. The molecule has 5 nitrogen and oxygen atoms in total. The Kier molecular flexibility index (Phi) is 3.74. The van der Waals surface area contributed by atoms with Gasteiger partial charge in [-0.2, -0.15) is 0 Å². The number of nitrogens with zero attached hydrogens (tertiary/aromatic N) is 2. The van der Waals surface area contributed by atoms with Gasteiger partial charge in [0, 0.05) is 23.1 Å². The number of nitrogens with one attached hydrogen (secondary N) is 3. The molecule has 0 amide bonds. The lowest BCUT2D eigenvalue weighted by Crippen LogP contribution is -2.28. The van der Waals surface area contributed by atoms with Gasteiger partial charge in [-0.3, -0.25) is 0 Å². The summed E-state index contributed by atoms with van der Waals surface area (Å²) < 4.78 is 0. The minimum Gasteiger partial charge on any atom is -0.362 e. The number of fused-ring (bicyclic) bond motifs is 4. The highest BCUT2D eigenvalue weighted by atomic mass is 32.1. The van der Waals surface area contributed by atoms with Crippen LogP contribution in [0.5, 0.6) is 0 Å². The highest BCUT2D eigenvalue weighted by Crippen LogP contribution is 2.27. The molecular formula is C18H17N5S. The molecule has 0 saturated carbocycles. The minimum absolute atomic E-state index is 0.632. The Morgan fingerprint density at radius 3 is 2.71 bits per heavy atom. The van der Waals surface area contributed by atoms with E-state index in [0.29, 0.717) is 5.11 Å². The molecule has 2 heterocycles. The quantitative estimate of drug-likeness (QED) is 0.495. The largest absolute Gasteiger partial charge is 0.362 e. The van der Waals surface area contributed by atoms with Crippen molar-refractivity contribution in [1.82, 2.24) is 20.3 Å². The van der Waals surface area contributed by atoms with Gasteiger partial charge >= 0.3 is 0 Å². The number of aromatic nitrogens is 3. The van der Waals surface area contributed by atoms with Crippen LogP contribution >= 0.6 is 12.2 Å². The summed E-state index contributed by atoms with van der Waals surface area (Å²) in [7, 11) is 0. The van der Waals surface area contributed by atoms with Crippen molar-refractivity contribution in [2.75, 3.05) is 11.9 Å². The van der Waals surface area contributed by atoms with Crippen molar-refractivity contribution in [3.8, 4) is 0 Å². The van der Waals surface area contributed by atoms with Crippen LogP contribution in [0.3, 0.4) is 0 Å². The molecule has 4 rings (SSSR count). The second-order valence-electron chi connectivity index (χ2n) is 5.68. The number of hydrogen-bond acceptors (Lipinski definition) is 3. The lowest BCUT2D eigenvalue weighted by molar-refractivity contribution is 0.846. The molecule has 0 aliphatic carbocycles. The molecule has 0 aliphatic heterocycles. The average molecular weight is 335 g/mol. The molecule has 3 N–H and O–H groups in total. The van der Waals surface area contributed by atoms with E-state index in [1.54, 1.807) is 0 Å². The molecule has 120 valence electrons. The Balaban J connectivity index is 1.78. The van der Waals surface area contributed by atoms with Crippen molar-refractivity contribution in [1.29, 1.82) is 0 Å². The van der Waals surface area contributed by atoms with E-state index in [1.807, 2.05) is 36.4 Å². The SMILES string of the molecule is CCCNC(=S)Nc1ccc2[nH]c3nc4ccccc4nc3c2c1. The minimum atomic E-state index is 0.632. The van der Waals surface area contributed by atoms with E-state index < -0.39 is 0 Å². The number of benzene rings is 2. The summed E-state index contributed by atoms with van der Waals surface area (Å²) in [5.74, 6) is 0. The van der Waals surface area contributed by atoms with E-state index in [0.717, 1.165) is 51.8 Å². The van der Waals surface area contributed by atoms with Crippen molar-refractivity contribution < 1.29 is 0 Å². The zero-order chi connectivity index (χ0) is 16.5. The van der Waals surface area contributed by atoms with Gasteiger partial charge in [0.2, 0.25) is 0 Å². The van der Waals surface area contributed by atoms with Crippen LogP contribution < -0.4 is 10.6 Å². The van der Waals surface area contributed by atoms with Gasteiger partial charge in [0.1, 0.15) is 5.52 Å². The van der Waals surface area contributed by atoms with Gasteiger partial charge < -0.3 is 15.6 Å². The van der Waals surface area contributed by atoms with Crippen LogP contribution in [0.15, 0.2) is 42.5 Å². The molecule has 2 aromatic heterocycles. The normalized spacial score (nSPS) is 11.2. The maximum atomic E-state index is 5.30. The maximum absolute atomic E-state index is 5.30. The monoisotopic (exact) mass is 335 g/mol. The molecule has 0 saturated heterocycles. The second-order valence-corrected chi connectivity index (χ2v) is 6.08. The van der Waals surface area contributed by atoms with E-state index in [1.165, 1.54) is 0 Å². The molecule has 0 spiro atoms. The molecule has 0 unspecified atom stereocenters. The number of hydrogen-bond donors (Lipinski definition) is 3. The second kappa shape index (κ2) is 6.05. The Bertz CT molecular complexity index is 1050. The van der Waals surface area contributed by atoms with Crippen LogP contribution in [-0.4, -0.2) is 26.6 Å². The van der Waals surface area contributed by atoms with Crippen molar-refractivity contribution in [3.05, 3.63) is 42.5 Å². The fourth-order valence-corrected chi connectivity index (χ4v) is 2.96. The van der Waals surface area contributed by atoms with Gasteiger partial charge in [0.25, 0.3) is 0 Å². The van der Waals surface area contributed by atoms with Gasteiger partial charge in [0.15, 0.2) is 10.8 Å². The van der Waals surface area contributed by atoms with Gasteiger partial charge in [0.05, 0.1) is 11.0 Å². The van der Waals surface area contributed by atoms with Crippen LogP contribution in [-0.2, 0) is 0 Å². The first-order valence-electron chi connectivity index (χ1n) is 7.97. The van der Waals surface area contributed by atoms with E-state index in [9.17, 15) is 0 Å². The molecule has 0 aliphatic rings. The first-order valence-corrected chi connectivity index (χ1v) is 8.38. The Hall–Kier alpha value is -2.73. The van der Waals surface area contributed by atoms with E-state index >= 15 is 0 Å². The van der Waals surface area contributed by atoms with Crippen LogP contribution in [0.25, 0.3) is 33.1 Å². The third kappa shape index (κ3) is 2.65. The van der Waals surface area contributed by atoms with Crippen LogP contribution in [0, 0.1) is 0 Å². The molecule has 6 heteroatoms. The van der Waals surface area contributed by atoms with E-state index in [4.69, 9.17) is 17.2 Å². The van der Waals surface area contributed by atoms with Gasteiger partial charge in [-0.1, -0.05) is 19.1 Å². The Morgan fingerprint density at radius 2 is 1.92 bits per heavy atom. The summed E-state index contributed by atoms with van der Waals surface area (Å²) >= 11 is 5.30. The molecule has 24 heavy (non-hydrogen) atoms. The summed E-state index contributed by atoms with van der Waals surface area (Å²) in [5, 5.41) is 8.05. The Morgan fingerprint density at radius 1 is 1.12 bits per heavy atom. The van der Waals surface area contributed by atoms with Crippen molar-refractivity contribution in [3.63, 3.8) is 0 Å². The molecule has 0 bridgehead atoms. The van der Waals surface area contributed by atoms with Crippen LogP contribution in [0.1, 0.15) is 13.3 Å². The number of H-pyrrole nitrogens is 1. The van der Waals surface area contributed by atoms with Crippen molar-refractivity contribution in [2.45, 2.75) is 13.3 Å². The highest BCUT2D eigenvalue weighted by molar-refractivity contribution is 7.80. The van der Waals surface area contributed by atoms with E-state index in [-0.39, 0.29) is 0 Å². The van der Waals surface area contributed by atoms with Crippen molar-refractivity contribution in [2.24, 2.45) is 0 Å². The van der Waals surface area contributed by atoms with Crippen LogP contribution in [0.2, 0.25) is 0 Å². The number of rotatable bonds is 3. The summed E-state index contributed by atoms with van der Waals surface area (Å²) in [6.45, 7) is 2.97. The number of para-hydroxylation sites is 2. The highest BCUT2D eigenvalue weighted by Gasteiger charge is 2.09. The smallest absolute Gasteiger partial charge is 0.170 e. The Labute approximate surface area is 144 Å². The molecule has 0 radical (unpaired) electrons. The number of aromatic amines is 1. The molecule has 4 aromatic rings. The predicted octanol–water partition coefficient (Wildman–Crippen LogP) is 3.96. The lowest BCUT2D eigenvalue weighted by atomic mass is 10.2. The zero-order valence-electron chi connectivity index (χ0n) is 13.3. The maximum Gasteiger partial charge on any atom is 0.170 e. The molecule has 2 aromatic carbocycles. The van der Waals surface area contributed by atoms with Crippen molar-refractivity contribution >= 4 is 56.1 Å². The van der Waals surface area contributed by atoms with Gasteiger partial charge in [-0.15, -0.1) is 0 Å². The number of thiocarbonyl (C=S) groups is 1. The summed E-state index contributed by atoms with van der Waals surface area (Å²) in [4.78, 5) is 12.8. The lowest BCUT2D eigenvalue weighted by Gasteiger charge is -2.09. The standard InChI is InChI=1S/C18H17N5S/c1-2-9-19-18(24)20-11-7-8-13-12(10-11)16-17(22-13)23-15-6-4-3-5-14(15)21-16/h3-8,10H,2,9H2,1H3,(H,22,23)(H2,19,20,24). The zero-order valence-corrected chi connectivity index (χ0v) is 14.1. The van der Waals surface area contributed by atoms with Crippen LogP contribution in [0.4, 0.5) is 5.69 Å². The first kappa shape index (κ1) is 14.8. The topological polar surface area (TPSA) is 65.6 Å².